The second kappa shape index (κ2) is 18.7. The van der Waals surface area contributed by atoms with Gasteiger partial charge in [-0.05, 0) is 25.7 Å². The van der Waals surface area contributed by atoms with Crippen LogP contribution in [0.3, 0.4) is 0 Å². The first-order chi connectivity index (χ1) is 12.2. The molecule has 0 bridgehead atoms. The molecule has 0 aromatic carbocycles. The third-order valence-corrected chi connectivity index (χ3v) is 4.55. The van der Waals surface area contributed by atoms with Gasteiger partial charge in [0.2, 0.25) is 0 Å². The van der Waals surface area contributed by atoms with Gasteiger partial charge < -0.3 is 14.2 Å². The molecule has 25 heavy (non-hydrogen) atoms. The van der Waals surface area contributed by atoms with Gasteiger partial charge in [0, 0.05) is 6.42 Å². The summed E-state index contributed by atoms with van der Waals surface area (Å²) in [5.74, 6) is -0.803. The smallest absolute Gasteiger partial charge is 0.282 e. The van der Waals surface area contributed by atoms with Gasteiger partial charge in [0.25, 0.3) is 5.97 Å². The van der Waals surface area contributed by atoms with Gasteiger partial charge in [0.1, 0.15) is 0 Å². The average molecular weight is 359 g/mol. The molecule has 0 radical (unpaired) electrons. The van der Waals surface area contributed by atoms with E-state index in [1.54, 1.807) is 0 Å². The fraction of sp³-hybridized carbons (Fsp3) is 1.00. The highest BCUT2D eigenvalue weighted by Crippen LogP contribution is 2.25. The fourth-order valence-corrected chi connectivity index (χ4v) is 2.76. The quantitative estimate of drug-likeness (QED) is 0.170. The van der Waals surface area contributed by atoms with E-state index >= 15 is 0 Å². The summed E-state index contributed by atoms with van der Waals surface area (Å²) in [7, 11) is 0. The summed E-state index contributed by atoms with van der Waals surface area (Å²) in [6, 6.07) is 0. The molecule has 0 N–H and O–H groups in total. The molecule has 0 spiro atoms. The van der Waals surface area contributed by atoms with Gasteiger partial charge >= 0.3 is 0 Å². The van der Waals surface area contributed by atoms with Gasteiger partial charge in [-0.25, -0.2) is 0 Å². The van der Waals surface area contributed by atoms with Crippen molar-refractivity contribution in [2.45, 2.75) is 124 Å². The predicted molar refractivity (Wildman–Crippen MR) is 108 cm³/mol. The van der Waals surface area contributed by atoms with Crippen molar-refractivity contribution < 1.29 is 14.2 Å². The largest absolute Gasteiger partial charge is 0.327 e. The zero-order valence-electron chi connectivity index (χ0n) is 17.7. The van der Waals surface area contributed by atoms with Crippen LogP contribution >= 0.6 is 0 Å². The molecule has 0 aromatic heterocycles. The molecule has 0 rings (SSSR count). The van der Waals surface area contributed by atoms with E-state index in [1.807, 2.05) is 0 Å². The van der Waals surface area contributed by atoms with Crippen LogP contribution < -0.4 is 0 Å². The summed E-state index contributed by atoms with van der Waals surface area (Å²) in [4.78, 5) is 0. The lowest BCUT2D eigenvalue weighted by Crippen LogP contribution is -2.40. The van der Waals surface area contributed by atoms with E-state index in [-0.39, 0.29) is 0 Å². The van der Waals surface area contributed by atoms with Gasteiger partial charge in [-0.15, -0.1) is 0 Å². The first-order valence-corrected chi connectivity index (χ1v) is 11.2. The number of hydrogen-bond acceptors (Lipinski definition) is 3. The number of ether oxygens (including phenoxy) is 3. The molecule has 3 heteroatoms. The maximum Gasteiger partial charge on any atom is 0.282 e. The van der Waals surface area contributed by atoms with Crippen molar-refractivity contribution in [3.05, 3.63) is 0 Å². The Kier molecular flexibility index (Phi) is 18.6. The highest BCUT2D eigenvalue weighted by molar-refractivity contribution is 4.61. The molecule has 0 unspecified atom stereocenters. The minimum Gasteiger partial charge on any atom is -0.327 e. The molecule has 0 fully saturated rings. The van der Waals surface area contributed by atoms with E-state index < -0.39 is 5.97 Å². The van der Waals surface area contributed by atoms with Gasteiger partial charge in [-0.3, -0.25) is 0 Å². The molecule has 152 valence electrons. The van der Waals surface area contributed by atoms with Crippen molar-refractivity contribution in [2.75, 3.05) is 19.8 Å². The van der Waals surface area contributed by atoms with Crippen molar-refractivity contribution in [3.8, 4) is 0 Å². The second-order valence-corrected chi connectivity index (χ2v) is 7.16. The Hall–Kier alpha value is -0.120. The van der Waals surface area contributed by atoms with Crippen molar-refractivity contribution in [1.29, 1.82) is 0 Å². The van der Waals surface area contributed by atoms with Crippen molar-refractivity contribution >= 4 is 0 Å². The highest BCUT2D eigenvalue weighted by atomic mass is 16.9. The van der Waals surface area contributed by atoms with Gasteiger partial charge in [0.15, 0.2) is 0 Å². The van der Waals surface area contributed by atoms with E-state index in [0.29, 0.717) is 0 Å². The zero-order chi connectivity index (χ0) is 18.6. The highest BCUT2D eigenvalue weighted by Gasteiger charge is 2.32. The molecule has 0 saturated heterocycles. The van der Waals surface area contributed by atoms with Crippen LogP contribution in [0, 0.1) is 0 Å². The van der Waals surface area contributed by atoms with E-state index in [1.165, 1.54) is 38.5 Å². The van der Waals surface area contributed by atoms with Crippen LogP contribution in [0.2, 0.25) is 0 Å². The summed E-state index contributed by atoms with van der Waals surface area (Å²) in [6.45, 7) is 11.0. The topological polar surface area (TPSA) is 27.7 Å². The normalized spacial score (nSPS) is 12.0. The Balaban J connectivity index is 4.43. The summed E-state index contributed by atoms with van der Waals surface area (Å²) in [6.07, 6.45) is 16.5. The lowest BCUT2D eigenvalue weighted by molar-refractivity contribution is -0.384. The molecule has 0 aliphatic heterocycles. The molecule has 0 aliphatic carbocycles. The minimum absolute atomic E-state index is 0.727. The van der Waals surface area contributed by atoms with Gasteiger partial charge in [0.05, 0.1) is 19.8 Å². The SMILES string of the molecule is CCCCCCCCCC(OCCCC)(OCCCC)OCCCC. The third kappa shape index (κ3) is 14.7. The maximum absolute atomic E-state index is 6.16. The first kappa shape index (κ1) is 24.9. The maximum atomic E-state index is 6.16. The summed E-state index contributed by atoms with van der Waals surface area (Å²) in [5, 5.41) is 0. The van der Waals surface area contributed by atoms with Crippen LogP contribution in [0.1, 0.15) is 118 Å². The van der Waals surface area contributed by atoms with E-state index in [9.17, 15) is 0 Å². The monoisotopic (exact) mass is 358 g/mol. The molecule has 0 heterocycles. The van der Waals surface area contributed by atoms with Crippen LogP contribution in [-0.4, -0.2) is 25.8 Å². The van der Waals surface area contributed by atoms with Gasteiger partial charge in [-0.2, -0.15) is 0 Å². The Bertz CT molecular complexity index is 229. The Morgan fingerprint density at radius 2 is 0.800 bits per heavy atom. The van der Waals surface area contributed by atoms with E-state index in [2.05, 4.69) is 27.7 Å². The molecule has 0 aromatic rings. The molecular weight excluding hydrogens is 312 g/mol. The molecule has 0 saturated carbocycles. The average Bonchev–Trinajstić information content (AvgIpc) is 2.61. The standard InChI is InChI=1S/C22H46O3/c1-5-9-13-14-15-16-17-18-22(23-19-10-6-2,24-20-11-7-3)25-21-12-8-4/h5-21H2,1-4H3. The van der Waals surface area contributed by atoms with Crippen LogP contribution in [0.5, 0.6) is 0 Å². The zero-order valence-corrected chi connectivity index (χ0v) is 17.7. The summed E-state index contributed by atoms with van der Waals surface area (Å²) >= 11 is 0. The molecule has 0 atom stereocenters. The van der Waals surface area contributed by atoms with Gasteiger partial charge in [-0.1, -0.05) is 85.5 Å². The van der Waals surface area contributed by atoms with Crippen molar-refractivity contribution in [3.63, 3.8) is 0 Å². The molecule has 3 nitrogen and oxygen atoms in total. The number of unbranched alkanes of at least 4 members (excludes halogenated alkanes) is 9. The molecule has 0 amide bonds. The summed E-state index contributed by atoms with van der Waals surface area (Å²) in [5.41, 5.74) is 0. The van der Waals surface area contributed by atoms with E-state index in [0.717, 1.165) is 71.2 Å². The van der Waals surface area contributed by atoms with Crippen molar-refractivity contribution in [2.24, 2.45) is 0 Å². The van der Waals surface area contributed by atoms with Crippen LogP contribution in [-0.2, 0) is 14.2 Å². The number of rotatable bonds is 20. The van der Waals surface area contributed by atoms with Crippen LogP contribution in [0.25, 0.3) is 0 Å². The second-order valence-electron chi connectivity index (χ2n) is 7.16. The Labute approximate surface area is 158 Å². The number of hydrogen-bond donors (Lipinski definition) is 0. The third-order valence-electron chi connectivity index (χ3n) is 4.55. The Morgan fingerprint density at radius 3 is 1.20 bits per heavy atom. The van der Waals surface area contributed by atoms with Crippen LogP contribution in [0.4, 0.5) is 0 Å². The Morgan fingerprint density at radius 1 is 0.440 bits per heavy atom. The van der Waals surface area contributed by atoms with Crippen LogP contribution in [0.15, 0.2) is 0 Å². The molecular formula is C22H46O3. The van der Waals surface area contributed by atoms with Crippen molar-refractivity contribution in [1.82, 2.24) is 0 Å². The lowest BCUT2D eigenvalue weighted by atomic mass is 10.1. The minimum atomic E-state index is -0.803. The fourth-order valence-electron chi connectivity index (χ4n) is 2.76. The first-order valence-electron chi connectivity index (χ1n) is 11.2. The lowest BCUT2D eigenvalue weighted by Gasteiger charge is -2.33. The van der Waals surface area contributed by atoms with E-state index in [4.69, 9.17) is 14.2 Å². The summed E-state index contributed by atoms with van der Waals surface area (Å²) < 4.78 is 18.5. The predicted octanol–water partition coefficient (Wildman–Crippen LogP) is 7.23. The molecule has 0 aliphatic rings.